The highest BCUT2D eigenvalue weighted by atomic mass is 19.1. The van der Waals surface area contributed by atoms with Crippen molar-refractivity contribution in [2.45, 2.75) is 6.42 Å². The van der Waals surface area contributed by atoms with Gasteiger partial charge in [-0.1, -0.05) is 18.2 Å². The summed E-state index contributed by atoms with van der Waals surface area (Å²) in [5.74, 6) is -0.401. The molecule has 2 rings (SSSR count). The van der Waals surface area contributed by atoms with Crippen LogP contribution in [0.2, 0.25) is 0 Å². The highest BCUT2D eigenvalue weighted by molar-refractivity contribution is 6.06. The van der Waals surface area contributed by atoms with E-state index in [-0.39, 0.29) is 11.7 Å². The van der Waals surface area contributed by atoms with Gasteiger partial charge in [-0.3, -0.25) is 4.79 Å². The van der Waals surface area contributed by atoms with E-state index in [2.05, 4.69) is 5.32 Å². The second kappa shape index (κ2) is 6.99. The topological polar surface area (TPSA) is 32.3 Å². The van der Waals surface area contributed by atoms with Crippen LogP contribution in [0.4, 0.5) is 10.1 Å². The van der Waals surface area contributed by atoms with E-state index in [0.29, 0.717) is 11.3 Å². The third kappa shape index (κ3) is 3.67. The number of nitrogens with one attached hydrogen (secondary N) is 1. The molecule has 2 aromatic rings. The number of benzene rings is 2. The van der Waals surface area contributed by atoms with E-state index in [1.165, 1.54) is 17.0 Å². The van der Waals surface area contributed by atoms with Gasteiger partial charge in [-0.25, -0.2) is 4.39 Å². The van der Waals surface area contributed by atoms with Gasteiger partial charge in [-0.05, 0) is 55.9 Å². The molecule has 0 aliphatic heterocycles. The molecular formula is C17H19FN2O. The first-order chi connectivity index (χ1) is 10.1. The van der Waals surface area contributed by atoms with Crippen molar-refractivity contribution in [3.05, 3.63) is 65.5 Å². The van der Waals surface area contributed by atoms with Crippen molar-refractivity contribution in [1.82, 2.24) is 5.32 Å². The Morgan fingerprint density at radius 2 is 1.81 bits per heavy atom. The molecular weight excluding hydrogens is 267 g/mol. The Labute approximate surface area is 124 Å². The predicted molar refractivity (Wildman–Crippen MR) is 83.2 cm³/mol. The molecule has 2 aromatic carbocycles. The number of hydrogen-bond acceptors (Lipinski definition) is 2. The van der Waals surface area contributed by atoms with Gasteiger partial charge >= 0.3 is 0 Å². The Bertz CT molecular complexity index is 610. The zero-order chi connectivity index (χ0) is 15.2. The van der Waals surface area contributed by atoms with Crippen LogP contribution in [0.25, 0.3) is 0 Å². The first-order valence-electron chi connectivity index (χ1n) is 6.89. The van der Waals surface area contributed by atoms with Crippen molar-refractivity contribution in [3.8, 4) is 0 Å². The third-order valence-electron chi connectivity index (χ3n) is 3.41. The second-order valence-electron chi connectivity index (χ2n) is 4.85. The fourth-order valence-corrected chi connectivity index (χ4v) is 2.17. The minimum Gasteiger partial charge on any atom is -0.319 e. The molecule has 0 saturated heterocycles. The SMILES string of the molecule is CNCCc1ccccc1C(=O)N(C)c1ccc(F)cc1. The number of anilines is 1. The minimum absolute atomic E-state index is 0.0895. The van der Waals surface area contributed by atoms with Gasteiger partial charge in [0.15, 0.2) is 0 Å². The molecule has 0 bridgehead atoms. The lowest BCUT2D eigenvalue weighted by molar-refractivity contribution is 0.0992. The summed E-state index contributed by atoms with van der Waals surface area (Å²) >= 11 is 0. The predicted octanol–water partition coefficient (Wildman–Crippen LogP) is 2.86. The third-order valence-corrected chi connectivity index (χ3v) is 3.41. The summed E-state index contributed by atoms with van der Waals surface area (Å²) in [5, 5.41) is 3.08. The van der Waals surface area contributed by atoms with E-state index in [1.807, 2.05) is 31.3 Å². The lowest BCUT2D eigenvalue weighted by Crippen LogP contribution is -2.27. The van der Waals surface area contributed by atoms with Gasteiger partial charge in [0.1, 0.15) is 5.82 Å². The molecule has 0 atom stereocenters. The minimum atomic E-state index is -0.311. The molecule has 0 radical (unpaired) electrons. The summed E-state index contributed by atoms with van der Waals surface area (Å²) in [6.45, 7) is 0.810. The first kappa shape index (κ1) is 15.2. The Morgan fingerprint density at radius 3 is 2.48 bits per heavy atom. The highest BCUT2D eigenvalue weighted by Gasteiger charge is 2.16. The normalized spacial score (nSPS) is 10.4. The summed E-state index contributed by atoms with van der Waals surface area (Å²) in [5.41, 5.74) is 2.36. The van der Waals surface area contributed by atoms with Crippen molar-refractivity contribution in [2.24, 2.45) is 0 Å². The largest absolute Gasteiger partial charge is 0.319 e. The molecule has 110 valence electrons. The molecule has 0 aromatic heterocycles. The summed E-state index contributed by atoms with van der Waals surface area (Å²) in [4.78, 5) is 14.2. The lowest BCUT2D eigenvalue weighted by Gasteiger charge is -2.19. The molecule has 1 amide bonds. The zero-order valence-corrected chi connectivity index (χ0v) is 12.3. The van der Waals surface area contributed by atoms with E-state index >= 15 is 0 Å². The van der Waals surface area contributed by atoms with Crippen LogP contribution in [0.15, 0.2) is 48.5 Å². The van der Waals surface area contributed by atoms with Gasteiger partial charge in [-0.15, -0.1) is 0 Å². The fourth-order valence-electron chi connectivity index (χ4n) is 2.17. The Morgan fingerprint density at radius 1 is 1.14 bits per heavy atom. The molecule has 0 heterocycles. The molecule has 0 saturated carbocycles. The van der Waals surface area contributed by atoms with Crippen molar-refractivity contribution in [1.29, 1.82) is 0 Å². The standard InChI is InChI=1S/C17H19FN2O/c1-19-12-11-13-5-3-4-6-16(13)17(21)20(2)15-9-7-14(18)8-10-15/h3-10,19H,11-12H2,1-2H3. The summed E-state index contributed by atoms with van der Waals surface area (Å²) in [6.07, 6.45) is 0.787. The zero-order valence-electron chi connectivity index (χ0n) is 12.3. The number of carbonyl (C=O) groups excluding carboxylic acids is 1. The van der Waals surface area contributed by atoms with Gasteiger partial charge < -0.3 is 10.2 Å². The van der Waals surface area contributed by atoms with Gasteiger partial charge in [0.2, 0.25) is 0 Å². The van der Waals surface area contributed by atoms with Crippen LogP contribution in [-0.4, -0.2) is 26.5 Å². The van der Waals surface area contributed by atoms with E-state index in [9.17, 15) is 9.18 Å². The number of likely N-dealkylation sites (N-methyl/N-ethyl adjacent to an activating group) is 1. The average Bonchev–Trinajstić information content (AvgIpc) is 2.52. The molecule has 0 aliphatic carbocycles. The molecule has 0 unspecified atom stereocenters. The lowest BCUT2D eigenvalue weighted by atomic mass is 10.0. The average molecular weight is 286 g/mol. The van der Waals surface area contributed by atoms with E-state index in [0.717, 1.165) is 18.5 Å². The number of nitrogens with zero attached hydrogens (tertiary/aromatic N) is 1. The van der Waals surface area contributed by atoms with Crippen LogP contribution >= 0.6 is 0 Å². The maximum atomic E-state index is 13.0. The van der Waals surface area contributed by atoms with E-state index < -0.39 is 0 Å². The summed E-state index contributed by atoms with van der Waals surface area (Å²) < 4.78 is 13.0. The maximum Gasteiger partial charge on any atom is 0.258 e. The second-order valence-corrected chi connectivity index (χ2v) is 4.85. The summed E-state index contributed by atoms with van der Waals surface area (Å²) in [7, 11) is 3.58. The number of halogens is 1. The fraction of sp³-hybridized carbons (Fsp3) is 0.235. The van der Waals surface area contributed by atoms with Crippen LogP contribution in [-0.2, 0) is 6.42 Å². The first-order valence-corrected chi connectivity index (χ1v) is 6.89. The van der Waals surface area contributed by atoms with Crippen molar-refractivity contribution < 1.29 is 9.18 Å². The van der Waals surface area contributed by atoms with Crippen LogP contribution in [0, 0.1) is 5.82 Å². The number of rotatable bonds is 5. The number of amides is 1. The van der Waals surface area contributed by atoms with E-state index in [1.54, 1.807) is 19.2 Å². The van der Waals surface area contributed by atoms with Gasteiger partial charge in [0.05, 0.1) is 0 Å². The van der Waals surface area contributed by atoms with Crippen LogP contribution in [0.3, 0.4) is 0 Å². The van der Waals surface area contributed by atoms with Crippen LogP contribution in [0.5, 0.6) is 0 Å². The molecule has 0 spiro atoms. The van der Waals surface area contributed by atoms with Gasteiger partial charge in [0, 0.05) is 18.3 Å². The van der Waals surface area contributed by atoms with Crippen molar-refractivity contribution >= 4 is 11.6 Å². The molecule has 3 nitrogen and oxygen atoms in total. The Kier molecular flexibility index (Phi) is 5.06. The van der Waals surface area contributed by atoms with Crippen molar-refractivity contribution in [3.63, 3.8) is 0 Å². The monoisotopic (exact) mass is 286 g/mol. The quantitative estimate of drug-likeness (QED) is 0.916. The Balaban J connectivity index is 2.24. The van der Waals surface area contributed by atoms with E-state index in [4.69, 9.17) is 0 Å². The van der Waals surface area contributed by atoms with Crippen LogP contribution < -0.4 is 10.2 Å². The molecule has 4 heteroatoms. The molecule has 0 fully saturated rings. The molecule has 0 aliphatic rings. The Hall–Kier alpha value is -2.20. The number of carbonyl (C=O) groups is 1. The molecule has 1 N–H and O–H groups in total. The maximum absolute atomic E-state index is 13.0. The van der Waals surface area contributed by atoms with Crippen molar-refractivity contribution in [2.75, 3.05) is 25.5 Å². The van der Waals surface area contributed by atoms with Crippen LogP contribution in [0.1, 0.15) is 15.9 Å². The summed E-state index contributed by atoms with van der Waals surface area (Å²) in [6, 6.07) is 13.5. The van der Waals surface area contributed by atoms with Gasteiger partial charge in [-0.2, -0.15) is 0 Å². The number of hydrogen-bond donors (Lipinski definition) is 1. The van der Waals surface area contributed by atoms with Gasteiger partial charge in [0.25, 0.3) is 5.91 Å². The smallest absolute Gasteiger partial charge is 0.258 e. The highest BCUT2D eigenvalue weighted by Crippen LogP contribution is 2.18. The molecule has 21 heavy (non-hydrogen) atoms.